The molecule has 0 fully saturated rings. The van der Waals surface area contributed by atoms with Gasteiger partial charge in [-0.25, -0.2) is 27.6 Å². The second-order valence-electron chi connectivity index (χ2n) is 10.1. The van der Waals surface area contributed by atoms with E-state index >= 15 is 0 Å². The molecule has 18 heteroatoms. The van der Waals surface area contributed by atoms with Gasteiger partial charge in [0.25, 0.3) is 10.0 Å². The highest BCUT2D eigenvalue weighted by Crippen LogP contribution is 2.28. The van der Waals surface area contributed by atoms with E-state index in [1.54, 1.807) is 42.5 Å². The standard InChI is InChI=1S/C29H34FN5O10S2/c30-6-7-41-8-9-42-10-11-44-24-3-1-2-20(12-24)17-43-18-21(28(37)38)13-23(36)16-35-15-22(33-34-35)19-45-25-4-5-26-27(14-25)46-29(32-26)47(31,39)40/h1-5,12,14-15,21H,6-11,13,16-19H2,(H,37,38)(H2,31,39,40)/t21-/m0/s1. The summed E-state index contributed by atoms with van der Waals surface area (Å²) in [6, 6.07) is 12.0. The molecule has 47 heavy (non-hydrogen) atoms. The molecule has 15 nitrogen and oxygen atoms in total. The van der Waals surface area contributed by atoms with Crippen LogP contribution in [0.5, 0.6) is 11.5 Å². The third-order valence-corrected chi connectivity index (χ3v) is 8.63. The quantitative estimate of drug-likeness (QED) is 0.114. The molecule has 0 amide bonds. The van der Waals surface area contributed by atoms with Crippen molar-refractivity contribution in [2.75, 3.05) is 46.3 Å². The Bertz CT molecular complexity index is 1730. The molecule has 0 unspecified atom stereocenters. The molecular weight excluding hydrogens is 661 g/mol. The molecule has 0 saturated carbocycles. The number of sulfonamides is 1. The average molecular weight is 696 g/mol. The van der Waals surface area contributed by atoms with Crippen molar-refractivity contribution in [3.63, 3.8) is 0 Å². The summed E-state index contributed by atoms with van der Waals surface area (Å²) in [5.41, 5.74) is 1.65. The monoisotopic (exact) mass is 695 g/mol. The van der Waals surface area contributed by atoms with E-state index in [1.165, 1.54) is 10.9 Å². The van der Waals surface area contributed by atoms with Crippen molar-refractivity contribution in [1.29, 1.82) is 0 Å². The number of carboxylic acids is 1. The molecule has 4 rings (SSSR count). The van der Waals surface area contributed by atoms with E-state index < -0.39 is 28.6 Å². The first-order valence-electron chi connectivity index (χ1n) is 14.3. The number of carboxylic acid groups (broad SMARTS) is 1. The Morgan fingerprint density at radius 2 is 1.74 bits per heavy atom. The Kier molecular flexibility index (Phi) is 13.5. The summed E-state index contributed by atoms with van der Waals surface area (Å²) in [5, 5.41) is 22.7. The summed E-state index contributed by atoms with van der Waals surface area (Å²) in [6.45, 7) is 0.558. The molecule has 254 valence electrons. The first-order valence-corrected chi connectivity index (χ1v) is 16.7. The lowest BCUT2D eigenvalue weighted by Gasteiger charge is -2.13. The van der Waals surface area contributed by atoms with Crippen LogP contribution in [-0.4, -0.2) is 91.6 Å². The number of halogens is 1. The molecular formula is C29H34FN5O10S2. The molecule has 0 bridgehead atoms. The second-order valence-corrected chi connectivity index (χ2v) is 12.8. The van der Waals surface area contributed by atoms with Crippen LogP contribution >= 0.6 is 11.3 Å². The number of ether oxygens (including phenoxy) is 5. The molecule has 0 aliphatic heterocycles. The number of thiazole rings is 1. The molecule has 2 aromatic heterocycles. The fraction of sp³-hybridized carbons (Fsp3) is 0.414. The van der Waals surface area contributed by atoms with Crippen LogP contribution in [0.15, 0.2) is 53.0 Å². The Labute approximate surface area is 273 Å². The van der Waals surface area contributed by atoms with Crippen molar-refractivity contribution < 1.29 is 51.2 Å². The highest BCUT2D eigenvalue weighted by molar-refractivity contribution is 7.91. The topological polar surface area (TPSA) is 204 Å². The number of hydrogen-bond donors (Lipinski definition) is 2. The lowest BCUT2D eigenvalue weighted by atomic mass is 10.0. The maximum atomic E-state index is 12.7. The zero-order valence-corrected chi connectivity index (χ0v) is 26.8. The molecule has 0 spiro atoms. The fourth-order valence-electron chi connectivity index (χ4n) is 4.11. The summed E-state index contributed by atoms with van der Waals surface area (Å²) in [6.07, 6.45) is 1.25. The van der Waals surface area contributed by atoms with E-state index in [-0.39, 0.29) is 49.5 Å². The number of rotatable bonds is 22. The Morgan fingerprint density at radius 3 is 2.51 bits per heavy atom. The molecule has 2 aromatic carbocycles. The molecule has 0 saturated heterocycles. The number of primary sulfonamides is 1. The Morgan fingerprint density at radius 1 is 0.979 bits per heavy atom. The maximum Gasteiger partial charge on any atom is 0.309 e. The van der Waals surface area contributed by atoms with E-state index in [9.17, 15) is 27.5 Å². The first kappa shape index (κ1) is 35.8. The minimum Gasteiger partial charge on any atom is -0.491 e. The van der Waals surface area contributed by atoms with Crippen LogP contribution in [0.25, 0.3) is 10.2 Å². The number of benzene rings is 2. The molecule has 4 aromatic rings. The molecule has 0 aliphatic rings. The van der Waals surface area contributed by atoms with E-state index in [0.717, 1.165) is 16.9 Å². The maximum absolute atomic E-state index is 12.7. The number of carbonyl (C=O) groups excluding carboxylic acids is 1. The van der Waals surface area contributed by atoms with Crippen molar-refractivity contribution in [2.24, 2.45) is 11.1 Å². The van der Waals surface area contributed by atoms with Crippen molar-refractivity contribution >= 4 is 43.3 Å². The van der Waals surface area contributed by atoms with Gasteiger partial charge in [-0.3, -0.25) is 9.59 Å². The van der Waals surface area contributed by atoms with E-state index in [0.29, 0.717) is 53.8 Å². The zero-order valence-electron chi connectivity index (χ0n) is 25.2. The number of aromatic nitrogens is 4. The normalized spacial score (nSPS) is 12.3. The zero-order chi connectivity index (χ0) is 33.6. The summed E-state index contributed by atoms with van der Waals surface area (Å²) in [5.74, 6) is -1.56. The number of hydrogen-bond acceptors (Lipinski definition) is 13. The fourth-order valence-corrected chi connectivity index (χ4v) is 5.80. The van der Waals surface area contributed by atoms with Crippen LogP contribution in [-0.2, 0) is 53.6 Å². The Hall–Kier alpha value is -4.07. The van der Waals surface area contributed by atoms with Gasteiger partial charge >= 0.3 is 5.97 Å². The second kappa shape index (κ2) is 17.7. The summed E-state index contributed by atoms with van der Waals surface area (Å²) < 4.78 is 64.1. The number of nitrogens with two attached hydrogens (primary N) is 1. The van der Waals surface area contributed by atoms with Gasteiger partial charge in [-0.2, -0.15) is 0 Å². The molecule has 0 aliphatic carbocycles. The summed E-state index contributed by atoms with van der Waals surface area (Å²) in [4.78, 5) is 28.5. The highest BCUT2D eigenvalue weighted by Gasteiger charge is 2.22. The van der Waals surface area contributed by atoms with Gasteiger partial charge < -0.3 is 28.8 Å². The van der Waals surface area contributed by atoms with Gasteiger partial charge in [0.15, 0.2) is 5.78 Å². The number of nitrogens with zero attached hydrogens (tertiary/aromatic N) is 4. The smallest absolute Gasteiger partial charge is 0.309 e. The predicted molar refractivity (Wildman–Crippen MR) is 165 cm³/mol. The van der Waals surface area contributed by atoms with E-state index in [2.05, 4.69) is 15.3 Å². The number of carbonyl (C=O) groups is 2. The van der Waals surface area contributed by atoms with Crippen LogP contribution in [0.1, 0.15) is 17.7 Å². The number of aliphatic carboxylic acids is 1. The predicted octanol–water partition coefficient (Wildman–Crippen LogP) is 2.37. The summed E-state index contributed by atoms with van der Waals surface area (Å²) in [7, 11) is -3.92. The van der Waals surface area contributed by atoms with E-state index in [4.69, 9.17) is 28.8 Å². The van der Waals surface area contributed by atoms with Gasteiger partial charge in [-0.15, -0.1) is 16.4 Å². The average Bonchev–Trinajstić information content (AvgIpc) is 3.67. The van der Waals surface area contributed by atoms with Gasteiger partial charge in [0, 0.05) is 6.42 Å². The van der Waals surface area contributed by atoms with Gasteiger partial charge in [0.2, 0.25) is 4.34 Å². The van der Waals surface area contributed by atoms with Crippen LogP contribution in [0.2, 0.25) is 0 Å². The van der Waals surface area contributed by atoms with Crippen molar-refractivity contribution in [3.8, 4) is 11.5 Å². The van der Waals surface area contributed by atoms with Gasteiger partial charge in [0.1, 0.15) is 43.6 Å². The number of fused-ring (bicyclic) bond motifs is 1. The Balaban J connectivity index is 1.18. The van der Waals surface area contributed by atoms with Crippen LogP contribution in [0.4, 0.5) is 4.39 Å². The highest BCUT2D eigenvalue weighted by atomic mass is 32.2. The van der Waals surface area contributed by atoms with Gasteiger partial charge in [-0.05, 0) is 35.9 Å². The van der Waals surface area contributed by atoms with E-state index in [1.807, 2.05) is 0 Å². The van der Waals surface area contributed by atoms with Crippen molar-refractivity contribution in [1.82, 2.24) is 20.0 Å². The first-order chi connectivity index (χ1) is 22.6. The van der Waals surface area contributed by atoms with Gasteiger partial charge in [-0.1, -0.05) is 17.3 Å². The van der Waals surface area contributed by atoms with Crippen molar-refractivity contribution in [2.45, 2.75) is 30.5 Å². The van der Waals surface area contributed by atoms with Gasteiger partial charge in [0.05, 0.1) is 62.0 Å². The van der Waals surface area contributed by atoms with Crippen LogP contribution in [0, 0.1) is 5.92 Å². The van der Waals surface area contributed by atoms with Crippen molar-refractivity contribution in [3.05, 3.63) is 59.9 Å². The third-order valence-electron chi connectivity index (χ3n) is 6.29. The van der Waals surface area contributed by atoms with Crippen LogP contribution in [0.3, 0.4) is 0 Å². The summed E-state index contributed by atoms with van der Waals surface area (Å²) >= 11 is 0.924. The minimum absolute atomic E-state index is 0.0181. The molecule has 3 N–H and O–H groups in total. The lowest BCUT2D eigenvalue weighted by molar-refractivity contribution is -0.146. The number of alkyl halides is 1. The number of Topliss-reactive ketones (excluding diaryl/α,β-unsaturated/α-hetero) is 1. The van der Waals surface area contributed by atoms with Crippen LogP contribution < -0.4 is 14.6 Å². The largest absolute Gasteiger partial charge is 0.491 e. The minimum atomic E-state index is -3.92. The molecule has 1 atom stereocenters. The number of ketones is 1. The SMILES string of the molecule is NS(=O)(=O)c1nc2ccc(OCc3cn(CC(=O)C[C@@H](COCc4cccc(OCCOCCOCCF)c4)C(=O)O)nn3)cc2s1. The lowest BCUT2D eigenvalue weighted by Crippen LogP contribution is -2.25. The third kappa shape index (κ3) is 11.9. The molecule has 2 heterocycles. The molecule has 0 radical (unpaired) electrons.